The van der Waals surface area contributed by atoms with Crippen molar-refractivity contribution >= 4 is 11.4 Å². The lowest BCUT2D eigenvalue weighted by Crippen LogP contribution is -2.53. The zero-order chi connectivity index (χ0) is 14.8. The van der Waals surface area contributed by atoms with Gasteiger partial charge in [-0.2, -0.15) is 0 Å². The van der Waals surface area contributed by atoms with E-state index in [2.05, 4.69) is 23.7 Å². The molecule has 0 radical (unpaired) electrons. The van der Waals surface area contributed by atoms with Crippen LogP contribution in [0.4, 0.5) is 5.82 Å². The Labute approximate surface area is 126 Å². The average molecular weight is 288 g/mol. The molecule has 2 aliphatic heterocycles. The topological polar surface area (TPSA) is 50.3 Å². The van der Waals surface area contributed by atoms with Gasteiger partial charge in [-0.3, -0.25) is 0 Å². The summed E-state index contributed by atoms with van der Waals surface area (Å²) in [7, 11) is 0. The highest BCUT2D eigenvalue weighted by Gasteiger charge is 2.30. The molecule has 1 aromatic heterocycles. The molecule has 0 saturated carbocycles. The van der Waals surface area contributed by atoms with Crippen LogP contribution < -0.4 is 10.2 Å². The lowest BCUT2D eigenvalue weighted by atomic mass is 10.1. The van der Waals surface area contributed by atoms with Gasteiger partial charge >= 0.3 is 0 Å². The number of rotatable bonds is 3. The molecule has 1 unspecified atom stereocenters. The number of allylic oxidation sites excluding steroid dienone is 1. The van der Waals surface area contributed by atoms with Crippen molar-refractivity contribution in [3.8, 4) is 0 Å². The molecule has 0 spiro atoms. The number of nitrogens with one attached hydrogen (secondary N) is 1. The van der Waals surface area contributed by atoms with Crippen LogP contribution in [0.15, 0.2) is 6.58 Å². The molecule has 21 heavy (non-hydrogen) atoms. The second-order valence-corrected chi connectivity index (χ2v) is 5.89. The first-order valence-electron chi connectivity index (χ1n) is 7.81. The van der Waals surface area contributed by atoms with Crippen molar-refractivity contribution in [2.24, 2.45) is 0 Å². The molecule has 0 bridgehead atoms. The zero-order valence-corrected chi connectivity index (χ0v) is 13.0. The first-order valence-corrected chi connectivity index (χ1v) is 7.81. The minimum absolute atomic E-state index is 0.363. The maximum absolute atomic E-state index is 5.88. The van der Waals surface area contributed by atoms with Gasteiger partial charge in [-0.1, -0.05) is 13.5 Å². The zero-order valence-electron chi connectivity index (χ0n) is 13.0. The number of aromatic nitrogens is 2. The predicted octanol–water partition coefficient (Wildman–Crippen LogP) is 1.77. The van der Waals surface area contributed by atoms with Crippen LogP contribution in [0, 0.1) is 0 Å². The van der Waals surface area contributed by atoms with Crippen LogP contribution in [0.25, 0.3) is 5.57 Å². The standard InChI is InChI=1S/C16H24N4O/c1-4-5-14-18-15(11(2)3)13-10-21-9-12-8-17-6-7-20(12)16(13)19-14/h12,17H,2,4-10H2,1,3H3. The summed E-state index contributed by atoms with van der Waals surface area (Å²) in [5.74, 6) is 1.99. The molecule has 1 fully saturated rings. The van der Waals surface area contributed by atoms with Crippen LogP contribution in [0.1, 0.15) is 37.4 Å². The largest absolute Gasteiger partial charge is 0.374 e. The molecule has 5 heteroatoms. The van der Waals surface area contributed by atoms with Crippen molar-refractivity contribution in [1.29, 1.82) is 0 Å². The first kappa shape index (κ1) is 14.5. The number of fused-ring (bicyclic) bond motifs is 3. The Morgan fingerprint density at radius 3 is 3.10 bits per heavy atom. The van der Waals surface area contributed by atoms with Gasteiger partial charge in [-0.05, 0) is 18.9 Å². The predicted molar refractivity (Wildman–Crippen MR) is 84.4 cm³/mol. The monoisotopic (exact) mass is 288 g/mol. The van der Waals surface area contributed by atoms with Gasteiger partial charge in [0, 0.05) is 31.6 Å². The van der Waals surface area contributed by atoms with Crippen molar-refractivity contribution in [1.82, 2.24) is 15.3 Å². The summed E-state index contributed by atoms with van der Waals surface area (Å²) in [6.45, 7) is 12.5. The van der Waals surface area contributed by atoms with E-state index >= 15 is 0 Å². The summed E-state index contributed by atoms with van der Waals surface area (Å²) in [6, 6.07) is 0.363. The third-order valence-corrected chi connectivity index (χ3v) is 4.09. The Kier molecular flexibility index (Phi) is 4.22. The van der Waals surface area contributed by atoms with Crippen molar-refractivity contribution in [2.45, 2.75) is 39.3 Å². The second-order valence-electron chi connectivity index (χ2n) is 5.89. The van der Waals surface area contributed by atoms with Crippen LogP contribution in [0.5, 0.6) is 0 Å². The van der Waals surface area contributed by atoms with Gasteiger partial charge in [0.25, 0.3) is 0 Å². The summed E-state index contributed by atoms with van der Waals surface area (Å²) in [6.07, 6.45) is 1.96. The van der Waals surface area contributed by atoms with Crippen LogP contribution in [-0.4, -0.2) is 42.3 Å². The maximum Gasteiger partial charge on any atom is 0.138 e. The van der Waals surface area contributed by atoms with E-state index < -0.39 is 0 Å². The van der Waals surface area contributed by atoms with Gasteiger partial charge in [0.15, 0.2) is 0 Å². The van der Waals surface area contributed by atoms with Crippen molar-refractivity contribution < 1.29 is 4.74 Å². The fraction of sp³-hybridized carbons (Fsp3) is 0.625. The number of ether oxygens (including phenoxy) is 1. The number of aryl methyl sites for hydroxylation is 1. The Hall–Kier alpha value is -1.46. The third-order valence-electron chi connectivity index (χ3n) is 4.09. The van der Waals surface area contributed by atoms with Gasteiger partial charge in [-0.25, -0.2) is 9.97 Å². The van der Waals surface area contributed by atoms with Crippen LogP contribution >= 0.6 is 0 Å². The molecule has 1 N–H and O–H groups in total. The Morgan fingerprint density at radius 1 is 1.48 bits per heavy atom. The molecule has 5 nitrogen and oxygen atoms in total. The van der Waals surface area contributed by atoms with Gasteiger partial charge in [0.2, 0.25) is 0 Å². The van der Waals surface area contributed by atoms with Gasteiger partial charge in [0.05, 0.1) is 24.9 Å². The smallest absolute Gasteiger partial charge is 0.138 e. The molecule has 0 aromatic carbocycles. The van der Waals surface area contributed by atoms with Crippen molar-refractivity contribution in [3.63, 3.8) is 0 Å². The van der Waals surface area contributed by atoms with Crippen molar-refractivity contribution in [3.05, 3.63) is 23.7 Å². The van der Waals surface area contributed by atoms with Gasteiger partial charge in [0.1, 0.15) is 11.6 Å². The average Bonchev–Trinajstić information content (AvgIpc) is 2.66. The number of anilines is 1. The summed E-state index contributed by atoms with van der Waals surface area (Å²) in [4.78, 5) is 12.0. The van der Waals surface area contributed by atoms with E-state index in [1.165, 1.54) is 0 Å². The fourth-order valence-corrected chi connectivity index (χ4v) is 3.06. The highest BCUT2D eigenvalue weighted by Crippen LogP contribution is 2.30. The minimum Gasteiger partial charge on any atom is -0.374 e. The number of hydrogen-bond donors (Lipinski definition) is 1. The molecule has 114 valence electrons. The Balaban J connectivity index is 2.10. The first-order chi connectivity index (χ1) is 10.2. The van der Waals surface area contributed by atoms with Crippen LogP contribution in [-0.2, 0) is 17.8 Å². The fourth-order valence-electron chi connectivity index (χ4n) is 3.06. The normalized spacial score (nSPS) is 21.4. The lowest BCUT2D eigenvalue weighted by molar-refractivity contribution is 0.109. The molecular weight excluding hydrogens is 264 g/mol. The minimum atomic E-state index is 0.363. The van der Waals surface area contributed by atoms with Gasteiger partial charge < -0.3 is 15.0 Å². The van der Waals surface area contributed by atoms with Crippen LogP contribution in [0.2, 0.25) is 0 Å². The third kappa shape index (κ3) is 2.80. The number of piperazine rings is 1. The maximum atomic E-state index is 5.88. The highest BCUT2D eigenvalue weighted by molar-refractivity contribution is 5.67. The molecule has 3 heterocycles. The Bertz CT molecular complexity index is 543. The van der Waals surface area contributed by atoms with E-state index in [-0.39, 0.29) is 0 Å². The SMILES string of the molecule is C=C(C)c1nc(CCC)nc2c1COCC1CNCCN21. The molecule has 1 aromatic rings. The van der Waals surface area contributed by atoms with Crippen LogP contribution in [0.3, 0.4) is 0 Å². The Morgan fingerprint density at radius 2 is 2.33 bits per heavy atom. The van der Waals surface area contributed by atoms with E-state index in [1.807, 2.05) is 6.92 Å². The molecule has 1 atom stereocenters. The number of hydrogen-bond acceptors (Lipinski definition) is 5. The summed E-state index contributed by atoms with van der Waals surface area (Å²) in [5.41, 5.74) is 3.07. The van der Waals surface area contributed by atoms with Gasteiger partial charge in [-0.15, -0.1) is 0 Å². The molecular formula is C16H24N4O. The molecule has 2 aliphatic rings. The van der Waals surface area contributed by atoms with E-state index in [4.69, 9.17) is 14.7 Å². The molecule has 1 saturated heterocycles. The van der Waals surface area contributed by atoms with E-state index in [0.29, 0.717) is 12.6 Å². The molecule has 3 rings (SSSR count). The number of nitrogens with zero attached hydrogens (tertiary/aromatic N) is 3. The van der Waals surface area contributed by atoms with E-state index in [0.717, 1.165) is 67.6 Å². The summed E-state index contributed by atoms with van der Waals surface area (Å²) < 4.78 is 5.88. The summed E-state index contributed by atoms with van der Waals surface area (Å²) in [5, 5.41) is 3.44. The molecule has 0 amide bonds. The van der Waals surface area contributed by atoms with E-state index in [9.17, 15) is 0 Å². The second kappa shape index (κ2) is 6.12. The summed E-state index contributed by atoms with van der Waals surface area (Å²) >= 11 is 0. The highest BCUT2D eigenvalue weighted by atomic mass is 16.5. The lowest BCUT2D eigenvalue weighted by Gasteiger charge is -2.36. The quantitative estimate of drug-likeness (QED) is 0.918. The van der Waals surface area contributed by atoms with E-state index in [1.54, 1.807) is 0 Å². The molecule has 0 aliphatic carbocycles. The van der Waals surface area contributed by atoms with Crippen molar-refractivity contribution in [2.75, 3.05) is 31.1 Å².